The number of amides is 2. The maximum absolute atomic E-state index is 14.3. The number of imidazole rings is 1. The molecule has 3 aromatic carbocycles. The topological polar surface area (TPSA) is 220 Å². The first-order valence-corrected chi connectivity index (χ1v) is 17.5. The maximum Gasteiger partial charge on any atom is 0.326 e. The average molecular weight is 752 g/mol. The summed E-state index contributed by atoms with van der Waals surface area (Å²) in [4.78, 5) is 82.3. The third-order valence-electron chi connectivity index (χ3n) is 8.96. The number of carboxylic acids is 2. The quantitative estimate of drug-likeness (QED) is 0.0780. The molecule has 0 aliphatic heterocycles. The molecule has 14 heteroatoms. The minimum atomic E-state index is -1.53. The smallest absolute Gasteiger partial charge is 0.326 e. The second-order valence-electron chi connectivity index (χ2n) is 13.9. The van der Waals surface area contributed by atoms with Crippen molar-refractivity contribution in [2.24, 2.45) is 5.41 Å². The number of nitrogens with one attached hydrogen (secondary N) is 4. The second kappa shape index (κ2) is 15.9. The SMILES string of the molecule is CC(C)(C)C(=O)Nc1nc2ncc(C#Cc3nc(C(=O)N[C@@H](CCC(=O)O)C(=O)O)c(C(c4ccccc4)(c4ccccc4)c4ccccc4)[nH]3)cc2c(=O)[nH]1. The molecule has 6 aromatic rings. The number of rotatable bonds is 11. The van der Waals surface area contributed by atoms with E-state index < -0.39 is 46.7 Å². The van der Waals surface area contributed by atoms with Crippen molar-refractivity contribution in [1.29, 1.82) is 0 Å². The van der Waals surface area contributed by atoms with Gasteiger partial charge in [-0.3, -0.25) is 29.5 Å². The van der Waals surface area contributed by atoms with Crippen LogP contribution in [0.2, 0.25) is 0 Å². The van der Waals surface area contributed by atoms with E-state index in [0.29, 0.717) is 5.56 Å². The van der Waals surface area contributed by atoms with Gasteiger partial charge in [-0.25, -0.2) is 14.8 Å². The summed E-state index contributed by atoms with van der Waals surface area (Å²) in [6.45, 7) is 5.17. The van der Waals surface area contributed by atoms with Gasteiger partial charge in [0.15, 0.2) is 17.2 Å². The molecule has 56 heavy (non-hydrogen) atoms. The number of carboxylic acid groups (broad SMARTS) is 2. The van der Waals surface area contributed by atoms with E-state index in [2.05, 4.69) is 47.4 Å². The van der Waals surface area contributed by atoms with Crippen molar-refractivity contribution in [2.45, 2.75) is 45.1 Å². The van der Waals surface area contributed by atoms with Crippen molar-refractivity contribution in [1.82, 2.24) is 30.2 Å². The van der Waals surface area contributed by atoms with Crippen molar-refractivity contribution in [3.8, 4) is 11.8 Å². The number of aliphatic carboxylic acids is 2. The van der Waals surface area contributed by atoms with Crippen LogP contribution in [0.5, 0.6) is 0 Å². The van der Waals surface area contributed by atoms with E-state index in [0.717, 1.165) is 16.7 Å². The highest BCUT2D eigenvalue weighted by Gasteiger charge is 2.43. The standard InChI is InChI=1S/C42H37N7O7/c1-41(2,3)39(56)49-40-47-35-29(36(52)48-40)23-25(24-43-35)19-21-31-45-33(37(53)44-30(38(54)55)20-22-32(50)51)34(46-31)42(26-13-7-4-8-14-26,27-15-9-5-10-16-27)28-17-11-6-12-18-28/h4-18,23-24,30H,20,22H2,1-3H3,(H,44,53)(H,45,46)(H,50,51)(H,54,55)(H2,43,47,48,49,52,56)/t30-/m0/s1. The Labute approximate surface area is 320 Å². The number of benzene rings is 3. The van der Waals surface area contributed by atoms with Crippen LogP contribution < -0.4 is 16.2 Å². The molecule has 0 unspecified atom stereocenters. The Balaban J connectivity index is 1.52. The Morgan fingerprint density at radius 2 is 1.38 bits per heavy atom. The fourth-order valence-corrected chi connectivity index (χ4v) is 6.19. The molecule has 0 aliphatic carbocycles. The first kappa shape index (κ1) is 38.3. The van der Waals surface area contributed by atoms with Gasteiger partial charge < -0.3 is 20.5 Å². The Morgan fingerprint density at radius 1 is 0.804 bits per heavy atom. The fourth-order valence-electron chi connectivity index (χ4n) is 6.19. The molecule has 0 fully saturated rings. The highest BCUT2D eigenvalue weighted by Crippen LogP contribution is 2.45. The fraction of sp³-hybridized carbons (Fsp3) is 0.190. The van der Waals surface area contributed by atoms with Crippen LogP contribution in [0, 0.1) is 17.3 Å². The zero-order valence-corrected chi connectivity index (χ0v) is 30.6. The van der Waals surface area contributed by atoms with Crippen molar-refractivity contribution in [2.75, 3.05) is 5.32 Å². The second-order valence-corrected chi connectivity index (χ2v) is 13.9. The van der Waals surface area contributed by atoms with E-state index >= 15 is 0 Å². The Kier molecular flexibility index (Phi) is 10.9. The van der Waals surface area contributed by atoms with Gasteiger partial charge in [0.2, 0.25) is 11.9 Å². The van der Waals surface area contributed by atoms with Gasteiger partial charge in [0.1, 0.15) is 6.04 Å². The molecule has 1 atom stereocenters. The summed E-state index contributed by atoms with van der Waals surface area (Å²) in [5, 5.41) is 24.4. The molecule has 0 saturated carbocycles. The molecule has 3 aromatic heterocycles. The minimum Gasteiger partial charge on any atom is -0.481 e. The van der Waals surface area contributed by atoms with E-state index in [1.165, 1.54) is 12.3 Å². The minimum absolute atomic E-state index is 0.0297. The molecule has 0 radical (unpaired) electrons. The molecule has 6 N–H and O–H groups in total. The number of aromatic nitrogens is 5. The van der Waals surface area contributed by atoms with Crippen LogP contribution in [-0.4, -0.2) is 64.9 Å². The number of hydrogen-bond acceptors (Lipinski definition) is 8. The van der Waals surface area contributed by atoms with Crippen LogP contribution in [0.1, 0.15) is 77.9 Å². The van der Waals surface area contributed by atoms with Gasteiger partial charge in [-0.05, 0) is 35.1 Å². The largest absolute Gasteiger partial charge is 0.481 e. The summed E-state index contributed by atoms with van der Waals surface area (Å²) in [5.41, 5.74) is 0.222. The molecule has 2 amide bonds. The van der Waals surface area contributed by atoms with Crippen molar-refractivity contribution in [3.05, 3.63) is 153 Å². The van der Waals surface area contributed by atoms with Crippen LogP contribution in [-0.2, 0) is 19.8 Å². The third-order valence-corrected chi connectivity index (χ3v) is 8.96. The Hall–Kier alpha value is -7.40. The summed E-state index contributed by atoms with van der Waals surface area (Å²) in [6.07, 6.45) is 0.544. The van der Waals surface area contributed by atoms with Crippen LogP contribution >= 0.6 is 0 Å². The van der Waals surface area contributed by atoms with Gasteiger partial charge >= 0.3 is 11.9 Å². The molecule has 0 bridgehead atoms. The number of nitrogens with zero attached hydrogens (tertiary/aromatic N) is 3. The zero-order valence-electron chi connectivity index (χ0n) is 30.6. The van der Waals surface area contributed by atoms with Crippen LogP contribution in [0.15, 0.2) is 108 Å². The van der Waals surface area contributed by atoms with E-state index in [4.69, 9.17) is 0 Å². The molecule has 0 aliphatic rings. The lowest BCUT2D eigenvalue weighted by Crippen LogP contribution is -2.42. The molecular formula is C42H37N7O7. The molecular weight excluding hydrogens is 715 g/mol. The van der Waals surface area contributed by atoms with Gasteiger partial charge in [-0.1, -0.05) is 118 Å². The summed E-state index contributed by atoms with van der Waals surface area (Å²) in [7, 11) is 0. The maximum atomic E-state index is 14.3. The molecule has 0 spiro atoms. The molecule has 14 nitrogen and oxygen atoms in total. The Bertz CT molecular complexity index is 2450. The molecule has 6 rings (SSSR count). The lowest BCUT2D eigenvalue weighted by molar-refractivity contribution is -0.140. The van der Waals surface area contributed by atoms with Crippen LogP contribution in [0.3, 0.4) is 0 Å². The number of H-pyrrole nitrogens is 2. The zero-order chi connectivity index (χ0) is 40.0. The number of fused-ring (bicyclic) bond motifs is 1. The van der Waals surface area contributed by atoms with Gasteiger partial charge in [-0.15, -0.1) is 0 Å². The summed E-state index contributed by atoms with van der Waals surface area (Å²) in [6, 6.07) is 28.2. The highest BCUT2D eigenvalue weighted by molar-refractivity contribution is 5.97. The van der Waals surface area contributed by atoms with Crippen molar-refractivity contribution in [3.63, 3.8) is 0 Å². The lowest BCUT2D eigenvalue weighted by atomic mass is 9.66. The predicted octanol–water partition coefficient (Wildman–Crippen LogP) is 4.86. The Morgan fingerprint density at radius 3 is 1.89 bits per heavy atom. The predicted molar refractivity (Wildman–Crippen MR) is 207 cm³/mol. The summed E-state index contributed by atoms with van der Waals surface area (Å²) < 4.78 is 0. The number of pyridine rings is 1. The van der Waals surface area contributed by atoms with Crippen LogP contribution in [0.4, 0.5) is 5.95 Å². The van der Waals surface area contributed by atoms with Gasteiger partial charge in [-0.2, -0.15) is 4.98 Å². The number of aromatic amines is 2. The van der Waals surface area contributed by atoms with Crippen molar-refractivity contribution < 1.29 is 29.4 Å². The number of carbonyl (C=O) groups is 4. The third kappa shape index (κ3) is 8.07. The van der Waals surface area contributed by atoms with Gasteiger partial charge in [0, 0.05) is 23.6 Å². The van der Waals surface area contributed by atoms with Gasteiger partial charge in [0.25, 0.3) is 11.5 Å². The number of carbonyl (C=O) groups excluding carboxylic acids is 2. The first-order valence-electron chi connectivity index (χ1n) is 17.5. The normalized spacial score (nSPS) is 11.9. The van der Waals surface area contributed by atoms with E-state index in [9.17, 15) is 34.2 Å². The number of anilines is 1. The first-order chi connectivity index (χ1) is 26.8. The van der Waals surface area contributed by atoms with E-state index in [1.807, 2.05) is 91.0 Å². The van der Waals surface area contributed by atoms with E-state index in [1.54, 1.807) is 20.8 Å². The monoisotopic (exact) mass is 751 g/mol. The highest BCUT2D eigenvalue weighted by atomic mass is 16.4. The molecule has 0 saturated heterocycles. The summed E-state index contributed by atoms with van der Waals surface area (Å²) >= 11 is 0. The molecule has 3 heterocycles. The van der Waals surface area contributed by atoms with Crippen LogP contribution in [0.25, 0.3) is 11.0 Å². The lowest BCUT2D eigenvalue weighted by Gasteiger charge is -2.35. The van der Waals surface area contributed by atoms with E-state index in [-0.39, 0.29) is 46.5 Å². The number of hydrogen-bond donors (Lipinski definition) is 6. The van der Waals surface area contributed by atoms with Crippen molar-refractivity contribution >= 4 is 40.7 Å². The average Bonchev–Trinajstić information content (AvgIpc) is 3.61. The van der Waals surface area contributed by atoms with Gasteiger partial charge in [0.05, 0.1) is 16.5 Å². The summed E-state index contributed by atoms with van der Waals surface area (Å²) in [5.74, 6) is 2.03. The molecule has 282 valence electrons.